The highest BCUT2D eigenvalue weighted by molar-refractivity contribution is 5.96. The first kappa shape index (κ1) is 12.2. The number of carbonyl (C=O) groups is 1. The first-order chi connectivity index (χ1) is 8.25. The van der Waals surface area contributed by atoms with Crippen molar-refractivity contribution in [2.75, 3.05) is 0 Å². The molecule has 0 aromatic carbocycles. The van der Waals surface area contributed by atoms with E-state index in [1.165, 1.54) is 12.8 Å². The van der Waals surface area contributed by atoms with Crippen LogP contribution >= 0.6 is 0 Å². The zero-order valence-electron chi connectivity index (χ0n) is 10.5. The van der Waals surface area contributed by atoms with Crippen molar-refractivity contribution in [3.63, 3.8) is 0 Å². The Morgan fingerprint density at radius 2 is 2.00 bits per heavy atom. The molecule has 0 aromatic heterocycles. The van der Waals surface area contributed by atoms with Gasteiger partial charge >= 0.3 is 0 Å². The number of carbonyl (C=O) groups excluding carboxylic acids is 1. The Kier molecular flexibility index (Phi) is 4.18. The summed E-state index contributed by atoms with van der Waals surface area (Å²) >= 11 is 0. The Bertz CT molecular complexity index is 357. The predicted octanol–water partition coefficient (Wildman–Crippen LogP) is 3.12. The van der Waals surface area contributed by atoms with Gasteiger partial charge in [0.05, 0.1) is 0 Å². The number of hydrogen-bond donors (Lipinski definition) is 1. The van der Waals surface area contributed by atoms with Crippen molar-refractivity contribution in [2.24, 2.45) is 5.92 Å². The zero-order valence-corrected chi connectivity index (χ0v) is 10.5. The number of rotatable bonds is 2. The molecule has 2 aliphatic rings. The zero-order chi connectivity index (χ0) is 12.1. The molecule has 0 bridgehead atoms. The lowest BCUT2D eigenvalue weighted by atomic mass is 9.87. The fourth-order valence-corrected chi connectivity index (χ4v) is 2.42. The van der Waals surface area contributed by atoms with Crippen LogP contribution in [0.25, 0.3) is 0 Å². The van der Waals surface area contributed by atoms with Crippen molar-refractivity contribution in [2.45, 2.75) is 45.1 Å². The van der Waals surface area contributed by atoms with E-state index in [0.717, 1.165) is 30.8 Å². The minimum Gasteiger partial charge on any atom is -0.349 e. The van der Waals surface area contributed by atoms with Gasteiger partial charge in [0.25, 0.3) is 5.91 Å². The third-order valence-corrected chi connectivity index (χ3v) is 3.61. The molecule has 0 spiro atoms. The van der Waals surface area contributed by atoms with E-state index in [-0.39, 0.29) is 5.91 Å². The fourth-order valence-electron chi connectivity index (χ4n) is 2.42. The van der Waals surface area contributed by atoms with Gasteiger partial charge < -0.3 is 5.32 Å². The number of allylic oxidation sites excluding steroid dienone is 4. The topological polar surface area (TPSA) is 29.1 Å². The third-order valence-electron chi connectivity index (χ3n) is 3.61. The molecule has 2 rings (SSSR count). The van der Waals surface area contributed by atoms with Crippen LogP contribution in [0.4, 0.5) is 0 Å². The molecule has 0 aromatic rings. The smallest absolute Gasteiger partial charge is 0.251 e. The Morgan fingerprint density at radius 3 is 2.76 bits per heavy atom. The van der Waals surface area contributed by atoms with Gasteiger partial charge in [-0.3, -0.25) is 4.79 Å². The second-order valence-corrected chi connectivity index (χ2v) is 5.11. The Balaban J connectivity index is 1.86. The van der Waals surface area contributed by atoms with E-state index < -0.39 is 0 Å². The van der Waals surface area contributed by atoms with Crippen molar-refractivity contribution >= 4 is 5.91 Å². The summed E-state index contributed by atoms with van der Waals surface area (Å²) in [7, 11) is 0. The molecule has 92 valence electrons. The van der Waals surface area contributed by atoms with Crippen LogP contribution in [0.15, 0.2) is 36.0 Å². The SMILES string of the molecule is CC1CCC(NC(=O)C2=CCC=CC=C2)CC1. The number of amides is 1. The highest BCUT2D eigenvalue weighted by Crippen LogP contribution is 2.23. The summed E-state index contributed by atoms with van der Waals surface area (Å²) in [6.07, 6.45) is 15.4. The normalized spacial score (nSPS) is 28.4. The van der Waals surface area contributed by atoms with E-state index >= 15 is 0 Å². The summed E-state index contributed by atoms with van der Waals surface area (Å²) < 4.78 is 0. The summed E-state index contributed by atoms with van der Waals surface area (Å²) in [5, 5.41) is 3.15. The summed E-state index contributed by atoms with van der Waals surface area (Å²) in [5.74, 6) is 0.911. The summed E-state index contributed by atoms with van der Waals surface area (Å²) in [6, 6.07) is 0.379. The lowest BCUT2D eigenvalue weighted by molar-refractivity contribution is -0.118. The lowest BCUT2D eigenvalue weighted by Gasteiger charge is -2.27. The molecule has 0 saturated heterocycles. The van der Waals surface area contributed by atoms with Gasteiger partial charge in [-0.2, -0.15) is 0 Å². The molecule has 17 heavy (non-hydrogen) atoms. The predicted molar refractivity (Wildman–Crippen MR) is 70.5 cm³/mol. The van der Waals surface area contributed by atoms with Gasteiger partial charge in [-0.05, 0) is 44.1 Å². The Labute approximate surface area is 103 Å². The average molecular weight is 231 g/mol. The van der Waals surface area contributed by atoms with Crippen LogP contribution in [0.1, 0.15) is 39.0 Å². The van der Waals surface area contributed by atoms with Crippen LogP contribution in [0.3, 0.4) is 0 Å². The van der Waals surface area contributed by atoms with Gasteiger partial charge in [-0.25, -0.2) is 0 Å². The standard InChI is InChI=1S/C15H21NO/c1-12-8-10-14(11-9-12)16-15(17)13-6-4-2-3-5-7-13/h2-4,6-7,12,14H,5,8-11H2,1H3,(H,16,17). The first-order valence-electron chi connectivity index (χ1n) is 6.60. The molecule has 2 heteroatoms. The summed E-state index contributed by atoms with van der Waals surface area (Å²) in [5.41, 5.74) is 0.800. The van der Waals surface area contributed by atoms with Crippen LogP contribution in [0.5, 0.6) is 0 Å². The van der Waals surface area contributed by atoms with Crippen molar-refractivity contribution in [3.8, 4) is 0 Å². The fraction of sp³-hybridized carbons (Fsp3) is 0.533. The molecule has 1 N–H and O–H groups in total. The Hall–Kier alpha value is -1.31. The lowest BCUT2D eigenvalue weighted by Crippen LogP contribution is -2.37. The molecular weight excluding hydrogens is 210 g/mol. The highest BCUT2D eigenvalue weighted by atomic mass is 16.1. The van der Waals surface area contributed by atoms with Crippen molar-refractivity contribution in [3.05, 3.63) is 36.0 Å². The van der Waals surface area contributed by atoms with E-state index in [9.17, 15) is 4.79 Å². The van der Waals surface area contributed by atoms with Crippen molar-refractivity contribution in [1.82, 2.24) is 5.32 Å². The molecule has 0 aliphatic heterocycles. The molecule has 2 aliphatic carbocycles. The van der Waals surface area contributed by atoms with Crippen LogP contribution < -0.4 is 5.32 Å². The van der Waals surface area contributed by atoms with Gasteiger partial charge in [0.2, 0.25) is 0 Å². The Morgan fingerprint density at radius 1 is 1.24 bits per heavy atom. The summed E-state index contributed by atoms with van der Waals surface area (Å²) in [4.78, 5) is 12.0. The van der Waals surface area contributed by atoms with Crippen LogP contribution in [-0.4, -0.2) is 11.9 Å². The monoisotopic (exact) mass is 231 g/mol. The van der Waals surface area contributed by atoms with Crippen molar-refractivity contribution in [1.29, 1.82) is 0 Å². The van der Waals surface area contributed by atoms with Crippen LogP contribution in [-0.2, 0) is 4.79 Å². The highest BCUT2D eigenvalue weighted by Gasteiger charge is 2.20. The number of nitrogens with one attached hydrogen (secondary N) is 1. The molecule has 1 fully saturated rings. The maximum atomic E-state index is 12.0. The molecule has 0 atom stereocenters. The molecule has 1 amide bonds. The minimum absolute atomic E-state index is 0.0875. The van der Waals surface area contributed by atoms with E-state index in [4.69, 9.17) is 0 Å². The molecular formula is C15H21NO. The van der Waals surface area contributed by atoms with E-state index in [0.29, 0.717) is 6.04 Å². The molecule has 0 radical (unpaired) electrons. The molecule has 0 unspecified atom stereocenters. The van der Waals surface area contributed by atoms with Gasteiger partial charge in [0, 0.05) is 11.6 Å². The number of hydrogen-bond acceptors (Lipinski definition) is 1. The van der Waals surface area contributed by atoms with Crippen LogP contribution in [0, 0.1) is 5.92 Å². The van der Waals surface area contributed by atoms with Gasteiger partial charge in [-0.1, -0.05) is 31.2 Å². The second-order valence-electron chi connectivity index (χ2n) is 5.11. The van der Waals surface area contributed by atoms with Gasteiger partial charge in [-0.15, -0.1) is 0 Å². The van der Waals surface area contributed by atoms with Crippen molar-refractivity contribution < 1.29 is 4.79 Å². The summed E-state index contributed by atoms with van der Waals surface area (Å²) in [6.45, 7) is 2.29. The maximum Gasteiger partial charge on any atom is 0.251 e. The molecule has 2 nitrogen and oxygen atoms in total. The van der Waals surface area contributed by atoms with Gasteiger partial charge in [0.15, 0.2) is 0 Å². The van der Waals surface area contributed by atoms with Crippen LogP contribution in [0.2, 0.25) is 0 Å². The maximum absolute atomic E-state index is 12.0. The largest absolute Gasteiger partial charge is 0.349 e. The van der Waals surface area contributed by atoms with E-state index in [1.54, 1.807) is 0 Å². The van der Waals surface area contributed by atoms with E-state index in [2.05, 4.69) is 18.3 Å². The second kappa shape index (κ2) is 5.85. The average Bonchev–Trinajstić information content (AvgIpc) is 2.61. The quantitative estimate of drug-likeness (QED) is 0.777. The van der Waals surface area contributed by atoms with E-state index in [1.807, 2.05) is 24.3 Å². The van der Waals surface area contributed by atoms with Gasteiger partial charge in [0.1, 0.15) is 0 Å². The minimum atomic E-state index is 0.0875. The first-order valence-corrected chi connectivity index (χ1v) is 6.60. The molecule has 0 heterocycles. The molecule has 1 saturated carbocycles. The third kappa shape index (κ3) is 3.58.